The maximum atomic E-state index is 13.5. The third-order valence-corrected chi connectivity index (χ3v) is 6.08. The van der Waals surface area contributed by atoms with Crippen molar-refractivity contribution in [1.82, 2.24) is 9.80 Å². The molecule has 1 heterocycles. The van der Waals surface area contributed by atoms with Gasteiger partial charge in [0.2, 0.25) is 0 Å². The van der Waals surface area contributed by atoms with Gasteiger partial charge in [0.1, 0.15) is 11.5 Å². The van der Waals surface area contributed by atoms with Gasteiger partial charge in [-0.3, -0.25) is 15.0 Å². The Morgan fingerprint density at radius 1 is 0.938 bits per heavy atom. The van der Waals surface area contributed by atoms with E-state index in [9.17, 15) is 14.5 Å². The Balaban J connectivity index is 1.41. The van der Waals surface area contributed by atoms with Gasteiger partial charge in [0.25, 0.3) is 5.69 Å². The first-order valence-electron chi connectivity index (χ1n) is 10.8. The molecule has 7 heteroatoms. The molecule has 166 valence electrons. The molecule has 1 aliphatic rings. The van der Waals surface area contributed by atoms with Crippen molar-refractivity contribution in [3.63, 3.8) is 0 Å². The highest BCUT2D eigenvalue weighted by molar-refractivity contribution is 5.59. The van der Waals surface area contributed by atoms with Crippen molar-refractivity contribution in [2.45, 2.75) is 12.5 Å². The molecule has 1 fully saturated rings. The van der Waals surface area contributed by atoms with Crippen LogP contribution in [0.2, 0.25) is 0 Å². The topological polar surface area (TPSA) is 75.6 Å². The first-order valence-corrected chi connectivity index (χ1v) is 10.8. The van der Waals surface area contributed by atoms with Gasteiger partial charge in [-0.25, -0.2) is 4.39 Å². The molecule has 6 nitrogen and oxygen atoms in total. The zero-order chi connectivity index (χ0) is 22.5. The molecule has 0 spiro atoms. The van der Waals surface area contributed by atoms with Crippen LogP contribution in [0.3, 0.4) is 0 Å². The van der Waals surface area contributed by atoms with Crippen molar-refractivity contribution in [3.05, 3.63) is 105 Å². The average molecular weight is 435 g/mol. The average Bonchev–Trinajstić information content (AvgIpc) is 2.81. The Hall–Kier alpha value is -3.29. The van der Waals surface area contributed by atoms with Crippen LogP contribution in [-0.4, -0.2) is 47.4 Å². The van der Waals surface area contributed by atoms with Crippen molar-refractivity contribution in [1.29, 1.82) is 0 Å². The van der Waals surface area contributed by atoms with Gasteiger partial charge >= 0.3 is 0 Å². The normalized spacial score (nSPS) is 16.0. The van der Waals surface area contributed by atoms with Crippen LogP contribution in [-0.2, 0) is 6.42 Å². The van der Waals surface area contributed by atoms with Crippen LogP contribution in [0.15, 0.2) is 72.8 Å². The Labute approximate surface area is 187 Å². The number of nitrogen functional groups attached to an aromatic ring is 1. The summed E-state index contributed by atoms with van der Waals surface area (Å²) in [7, 11) is 0. The maximum Gasteiger partial charge on any atom is 0.292 e. The molecule has 0 aromatic heterocycles. The Morgan fingerprint density at radius 3 is 2.25 bits per heavy atom. The number of nitro benzene ring substituents is 1. The van der Waals surface area contributed by atoms with Gasteiger partial charge in [-0.05, 0) is 41.3 Å². The molecule has 32 heavy (non-hydrogen) atoms. The number of nitrogens with two attached hydrogens (primary N) is 1. The summed E-state index contributed by atoms with van der Waals surface area (Å²) in [4.78, 5) is 15.5. The lowest BCUT2D eigenvalue weighted by atomic mass is 9.96. The fraction of sp³-hybridized carbons (Fsp3) is 0.280. The molecule has 1 aliphatic heterocycles. The summed E-state index contributed by atoms with van der Waals surface area (Å²) in [6, 6.07) is 22.2. The summed E-state index contributed by atoms with van der Waals surface area (Å²) in [6.45, 7) is 4.42. The second-order valence-corrected chi connectivity index (χ2v) is 8.14. The van der Waals surface area contributed by atoms with Gasteiger partial charge in [-0.15, -0.1) is 0 Å². The SMILES string of the molecule is Nc1ccc(CCN2CCN(C(c3ccccc3)c3ccc(F)cc3)CC2)cc1[N+](=O)[O-]. The van der Waals surface area contributed by atoms with Gasteiger partial charge in [-0.1, -0.05) is 48.5 Å². The minimum Gasteiger partial charge on any atom is -0.393 e. The summed E-state index contributed by atoms with van der Waals surface area (Å²) in [5.41, 5.74) is 9.06. The van der Waals surface area contributed by atoms with Crippen LogP contribution < -0.4 is 5.73 Å². The first kappa shape index (κ1) is 21.9. The lowest BCUT2D eigenvalue weighted by molar-refractivity contribution is -0.384. The largest absolute Gasteiger partial charge is 0.393 e. The second kappa shape index (κ2) is 9.89. The lowest BCUT2D eigenvalue weighted by Crippen LogP contribution is -2.48. The van der Waals surface area contributed by atoms with E-state index in [4.69, 9.17) is 5.73 Å². The van der Waals surface area contributed by atoms with Crippen LogP contribution in [0.5, 0.6) is 0 Å². The minimum atomic E-state index is -0.434. The van der Waals surface area contributed by atoms with Crippen molar-refractivity contribution in [3.8, 4) is 0 Å². The van der Waals surface area contributed by atoms with Crippen LogP contribution in [0.1, 0.15) is 22.7 Å². The Morgan fingerprint density at radius 2 is 1.59 bits per heavy atom. The standard InChI is InChI=1S/C25H27FN4O2/c26-22-9-7-21(8-10-22)25(20-4-2-1-3-5-20)29-16-14-28(15-17-29)13-12-19-6-11-23(27)24(18-19)30(31)32/h1-11,18,25H,12-17,27H2. The zero-order valence-electron chi connectivity index (χ0n) is 17.9. The summed E-state index contributed by atoms with van der Waals surface area (Å²) in [5.74, 6) is -0.228. The number of hydrogen-bond acceptors (Lipinski definition) is 5. The van der Waals surface area contributed by atoms with E-state index in [0.717, 1.165) is 50.3 Å². The summed E-state index contributed by atoms with van der Waals surface area (Å²) < 4.78 is 13.5. The van der Waals surface area contributed by atoms with E-state index in [-0.39, 0.29) is 23.2 Å². The first-order chi connectivity index (χ1) is 15.5. The highest BCUT2D eigenvalue weighted by Gasteiger charge is 2.26. The molecule has 1 atom stereocenters. The van der Waals surface area contributed by atoms with Crippen molar-refractivity contribution < 1.29 is 9.31 Å². The summed E-state index contributed by atoms with van der Waals surface area (Å²) in [5, 5.41) is 11.1. The third kappa shape index (κ3) is 5.12. The Kier molecular flexibility index (Phi) is 6.78. The predicted octanol–water partition coefficient (Wildman–Crippen LogP) is 4.27. The van der Waals surface area contributed by atoms with E-state index in [1.54, 1.807) is 12.1 Å². The smallest absolute Gasteiger partial charge is 0.292 e. The molecule has 2 N–H and O–H groups in total. The van der Waals surface area contributed by atoms with Gasteiger partial charge in [0.05, 0.1) is 11.0 Å². The van der Waals surface area contributed by atoms with Gasteiger partial charge in [0.15, 0.2) is 0 Å². The fourth-order valence-electron chi connectivity index (χ4n) is 4.33. The molecule has 0 bridgehead atoms. The minimum absolute atomic E-state index is 0.0303. The maximum absolute atomic E-state index is 13.5. The van der Waals surface area contributed by atoms with Crippen LogP contribution in [0, 0.1) is 15.9 Å². The highest BCUT2D eigenvalue weighted by atomic mass is 19.1. The highest BCUT2D eigenvalue weighted by Crippen LogP contribution is 2.30. The lowest BCUT2D eigenvalue weighted by Gasteiger charge is -2.39. The number of benzene rings is 3. The van der Waals surface area contributed by atoms with Gasteiger partial charge in [-0.2, -0.15) is 0 Å². The molecular weight excluding hydrogens is 407 g/mol. The fourth-order valence-corrected chi connectivity index (χ4v) is 4.33. The molecule has 0 aliphatic carbocycles. The van der Waals surface area contributed by atoms with Crippen LogP contribution in [0.25, 0.3) is 0 Å². The molecule has 4 rings (SSSR count). The van der Waals surface area contributed by atoms with E-state index < -0.39 is 4.92 Å². The predicted molar refractivity (Wildman–Crippen MR) is 124 cm³/mol. The van der Waals surface area contributed by atoms with E-state index >= 15 is 0 Å². The van der Waals surface area contributed by atoms with Crippen LogP contribution in [0.4, 0.5) is 15.8 Å². The zero-order valence-corrected chi connectivity index (χ0v) is 17.9. The molecule has 3 aromatic rings. The summed E-state index contributed by atoms with van der Waals surface area (Å²) >= 11 is 0. The second-order valence-electron chi connectivity index (χ2n) is 8.14. The quantitative estimate of drug-likeness (QED) is 0.342. The molecule has 0 saturated carbocycles. The number of hydrogen-bond donors (Lipinski definition) is 1. The number of rotatable bonds is 7. The number of nitrogens with zero attached hydrogens (tertiary/aromatic N) is 3. The molecular formula is C25H27FN4O2. The molecule has 0 radical (unpaired) electrons. The van der Waals surface area contributed by atoms with Crippen molar-refractivity contribution in [2.24, 2.45) is 0 Å². The van der Waals surface area contributed by atoms with Gasteiger partial charge < -0.3 is 10.6 Å². The van der Waals surface area contributed by atoms with E-state index in [0.29, 0.717) is 0 Å². The van der Waals surface area contributed by atoms with Gasteiger partial charge in [0, 0.05) is 38.8 Å². The third-order valence-electron chi connectivity index (χ3n) is 6.08. The van der Waals surface area contributed by atoms with E-state index in [1.165, 1.54) is 17.7 Å². The molecule has 0 amide bonds. The van der Waals surface area contributed by atoms with Crippen LogP contribution >= 0.6 is 0 Å². The number of nitro groups is 1. The number of piperazine rings is 1. The van der Waals surface area contributed by atoms with E-state index in [2.05, 4.69) is 21.9 Å². The molecule has 1 saturated heterocycles. The van der Waals surface area contributed by atoms with Crippen molar-refractivity contribution in [2.75, 3.05) is 38.5 Å². The molecule has 3 aromatic carbocycles. The summed E-state index contributed by atoms with van der Waals surface area (Å²) in [6.07, 6.45) is 0.737. The molecule has 1 unspecified atom stereocenters. The monoisotopic (exact) mass is 434 g/mol. The van der Waals surface area contributed by atoms with E-state index in [1.807, 2.05) is 36.4 Å². The Bertz CT molecular complexity index is 1050. The number of anilines is 1. The number of halogens is 1. The van der Waals surface area contributed by atoms with Crippen molar-refractivity contribution >= 4 is 11.4 Å².